The molecule has 3 aromatic rings. The van der Waals surface area contributed by atoms with Gasteiger partial charge < -0.3 is 10.4 Å². The van der Waals surface area contributed by atoms with Crippen LogP contribution in [0.5, 0.6) is 5.75 Å². The molecule has 2 N–H and O–H groups in total. The Morgan fingerprint density at radius 1 is 1.34 bits per heavy atom. The lowest BCUT2D eigenvalue weighted by molar-refractivity contribution is -0.115. The lowest BCUT2D eigenvalue weighted by Crippen LogP contribution is -2.29. The number of nitrogens with one attached hydrogen (secondary N) is 1. The molecule has 0 saturated heterocycles. The van der Waals surface area contributed by atoms with Crippen molar-refractivity contribution in [1.82, 2.24) is 9.88 Å². The average molecular weight is 452 g/mol. The second kappa shape index (κ2) is 9.42. The zero-order valence-corrected chi connectivity index (χ0v) is 18.1. The number of phenols is 1. The van der Waals surface area contributed by atoms with Crippen molar-refractivity contribution in [3.8, 4) is 5.75 Å². The number of aromatic nitrogens is 1. The van der Waals surface area contributed by atoms with E-state index < -0.39 is 11.7 Å². The summed E-state index contributed by atoms with van der Waals surface area (Å²) < 4.78 is 14.0. The molecule has 0 fully saturated rings. The van der Waals surface area contributed by atoms with Gasteiger partial charge in [0.1, 0.15) is 16.6 Å². The number of amides is 1. The Morgan fingerprint density at radius 2 is 2.19 bits per heavy atom. The van der Waals surface area contributed by atoms with Gasteiger partial charge in [-0.15, -0.1) is 11.3 Å². The monoisotopic (exact) mass is 451 g/mol. The SMILES string of the molecule is C=CC(=O)c1c(NC(=O)Cc2ccc(O)cc2F)sc2c1CCN(Cc1cccnc1)C2. The van der Waals surface area contributed by atoms with Crippen LogP contribution in [-0.2, 0) is 30.7 Å². The summed E-state index contributed by atoms with van der Waals surface area (Å²) in [6.45, 7) is 5.79. The maximum atomic E-state index is 14.0. The van der Waals surface area contributed by atoms with Gasteiger partial charge in [0.15, 0.2) is 5.78 Å². The Balaban J connectivity index is 1.54. The predicted octanol–water partition coefficient (Wildman–Crippen LogP) is 4.10. The van der Waals surface area contributed by atoms with Crippen LogP contribution < -0.4 is 5.32 Å². The number of carbonyl (C=O) groups is 2. The smallest absolute Gasteiger partial charge is 0.229 e. The molecule has 4 rings (SSSR count). The first-order valence-corrected chi connectivity index (χ1v) is 11.0. The summed E-state index contributed by atoms with van der Waals surface area (Å²) in [5.41, 5.74) is 2.69. The number of fused-ring (bicyclic) bond motifs is 1. The molecule has 0 saturated carbocycles. The molecule has 1 aliphatic rings. The van der Waals surface area contributed by atoms with Crippen LogP contribution in [0.2, 0.25) is 0 Å². The predicted molar refractivity (Wildman–Crippen MR) is 121 cm³/mol. The Bertz CT molecular complexity index is 1180. The third-order valence-corrected chi connectivity index (χ3v) is 6.47. The van der Waals surface area contributed by atoms with Crippen molar-refractivity contribution in [2.45, 2.75) is 25.9 Å². The van der Waals surface area contributed by atoms with E-state index in [0.29, 0.717) is 23.5 Å². The zero-order valence-electron chi connectivity index (χ0n) is 17.3. The first-order chi connectivity index (χ1) is 15.4. The molecule has 32 heavy (non-hydrogen) atoms. The molecular formula is C24H22FN3O3S. The van der Waals surface area contributed by atoms with Gasteiger partial charge in [-0.1, -0.05) is 18.7 Å². The van der Waals surface area contributed by atoms with Gasteiger partial charge in [-0.25, -0.2) is 4.39 Å². The Kier molecular flexibility index (Phi) is 6.43. The fourth-order valence-electron chi connectivity index (χ4n) is 3.82. The topological polar surface area (TPSA) is 82.5 Å². The van der Waals surface area contributed by atoms with Gasteiger partial charge in [0.2, 0.25) is 5.91 Å². The van der Waals surface area contributed by atoms with Crippen molar-refractivity contribution in [2.24, 2.45) is 0 Å². The average Bonchev–Trinajstić information content (AvgIpc) is 3.12. The Morgan fingerprint density at radius 3 is 2.91 bits per heavy atom. The van der Waals surface area contributed by atoms with E-state index in [4.69, 9.17) is 0 Å². The van der Waals surface area contributed by atoms with E-state index in [-0.39, 0.29) is 23.5 Å². The number of carbonyl (C=O) groups excluding carboxylic acids is 2. The largest absolute Gasteiger partial charge is 0.508 e. The highest BCUT2D eigenvalue weighted by Gasteiger charge is 2.28. The van der Waals surface area contributed by atoms with E-state index in [1.807, 2.05) is 18.3 Å². The number of nitrogens with zero attached hydrogens (tertiary/aromatic N) is 2. The highest BCUT2D eigenvalue weighted by Crippen LogP contribution is 2.38. The molecule has 8 heteroatoms. The summed E-state index contributed by atoms with van der Waals surface area (Å²) in [6, 6.07) is 7.60. The number of phenolic OH excluding ortho intramolecular Hbond substituents is 1. The number of anilines is 1. The van der Waals surface area contributed by atoms with Crippen LogP contribution in [-0.4, -0.2) is 33.2 Å². The third-order valence-electron chi connectivity index (χ3n) is 5.34. The van der Waals surface area contributed by atoms with Gasteiger partial charge in [0, 0.05) is 43.0 Å². The minimum Gasteiger partial charge on any atom is -0.508 e. The first-order valence-electron chi connectivity index (χ1n) is 10.1. The molecule has 164 valence electrons. The van der Waals surface area contributed by atoms with E-state index in [9.17, 15) is 19.1 Å². The van der Waals surface area contributed by atoms with Gasteiger partial charge in [0.05, 0.1) is 12.0 Å². The van der Waals surface area contributed by atoms with Gasteiger partial charge in [0.25, 0.3) is 0 Å². The molecule has 0 unspecified atom stereocenters. The standard InChI is InChI=1S/C24H22FN3O3S/c1-2-20(30)23-18-7-9-28(13-15-4-3-8-26-12-15)14-21(18)32-24(23)27-22(31)10-16-5-6-17(29)11-19(16)25/h2-6,8,11-12,29H,1,7,9-10,13-14H2,(H,27,31). The van der Waals surface area contributed by atoms with E-state index in [1.54, 1.807) is 6.20 Å². The molecule has 0 atom stereocenters. The fraction of sp³-hybridized carbons (Fsp3) is 0.208. The number of rotatable bonds is 7. The second-order valence-electron chi connectivity index (χ2n) is 7.60. The Labute approximate surface area is 189 Å². The van der Waals surface area contributed by atoms with Crippen LogP contribution in [0.1, 0.15) is 31.9 Å². The van der Waals surface area contributed by atoms with Crippen LogP contribution in [0.4, 0.5) is 9.39 Å². The van der Waals surface area contributed by atoms with Crippen molar-refractivity contribution in [3.63, 3.8) is 0 Å². The normalized spacial score (nSPS) is 13.4. The van der Waals surface area contributed by atoms with Crippen molar-refractivity contribution in [3.05, 3.63) is 88.3 Å². The van der Waals surface area contributed by atoms with Crippen LogP contribution >= 0.6 is 11.3 Å². The van der Waals surface area contributed by atoms with Crippen LogP contribution in [0.3, 0.4) is 0 Å². The number of hydrogen-bond donors (Lipinski definition) is 2. The molecule has 3 heterocycles. The molecule has 6 nitrogen and oxygen atoms in total. The van der Waals surface area contributed by atoms with Crippen molar-refractivity contribution >= 4 is 28.0 Å². The molecule has 1 aromatic carbocycles. The minimum atomic E-state index is -0.654. The van der Waals surface area contributed by atoms with E-state index in [0.717, 1.165) is 35.2 Å². The first kappa shape index (κ1) is 21.9. The van der Waals surface area contributed by atoms with Crippen LogP contribution in [0.15, 0.2) is 55.4 Å². The molecule has 0 radical (unpaired) electrons. The number of allylic oxidation sites excluding steroid dienone is 1. The maximum absolute atomic E-state index is 14.0. The number of aromatic hydroxyl groups is 1. The van der Waals surface area contributed by atoms with Gasteiger partial charge in [-0.2, -0.15) is 0 Å². The third kappa shape index (κ3) is 4.76. The number of benzene rings is 1. The molecule has 0 spiro atoms. The van der Waals surface area contributed by atoms with Crippen molar-refractivity contribution in [2.75, 3.05) is 11.9 Å². The van der Waals surface area contributed by atoms with Crippen LogP contribution in [0.25, 0.3) is 0 Å². The molecule has 0 aliphatic carbocycles. The summed E-state index contributed by atoms with van der Waals surface area (Å²) in [6.07, 6.45) is 5.31. The van der Waals surface area contributed by atoms with Crippen LogP contribution in [0, 0.1) is 5.82 Å². The molecule has 1 aliphatic heterocycles. The van der Waals surface area contributed by atoms with Gasteiger partial charge in [-0.3, -0.25) is 19.5 Å². The van der Waals surface area contributed by atoms with Gasteiger partial charge >= 0.3 is 0 Å². The van der Waals surface area contributed by atoms with E-state index >= 15 is 0 Å². The lowest BCUT2D eigenvalue weighted by Gasteiger charge is -2.26. The second-order valence-corrected chi connectivity index (χ2v) is 8.70. The number of halogens is 1. The van der Waals surface area contributed by atoms with Crippen molar-refractivity contribution in [1.29, 1.82) is 0 Å². The van der Waals surface area contributed by atoms with Crippen molar-refractivity contribution < 1.29 is 19.1 Å². The van der Waals surface area contributed by atoms with E-state index in [1.165, 1.54) is 29.5 Å². The summed E-state index contributed by atoms with van der Waals surface area (Å²) in [5.74, 6) is -1.53. The summed E-state index contributed by atoms with van der Waals surface area (Å²) in [4.78, 5) is 32.7. The molecule has 1 amide bonds. The van der Waals surface area contributed by atoms with Gasteiger partial charge in [-0.05, 0) is 41.3 Å². The number of thiophene rings is 1. The highest BCUT2D eigenvalue weighted by atomic mass is 32.1. The number of ketones is 1. The quantitative estimate of drug-likeness (QED) is 0.418. The maximum Gasteiger partial charge on any atom is 0.229 e. The highest BCUT2D eigenvalue weighted by molar-refractivity contribution is 7.17. The Hall–Kier alpha value is -3.36. The summed E-state index contributed by atoms with van der Waals surface area (Å²) in [5, 5.41) is 12.6. The minimum absolute atomic E-state index is 0.167. The lowest BCUT2D eigenvalue weighted by atomic mass is 9.99. The molecule has 0 bridgehead atoms. The fourth-order valence-corrected chi connectivity index (χ4v) is 5.13. The summed E-state index contributed by atoms with van der Waals surface area (Å²) in [7, 11) is 0. The number of hydrogen-bond acceptors (Lipinski definition) is 6. The van der Waals surface area contributed by atoms with E-state index in [2.05, 4.69) is 21.8 Å². The molecular weight excluding hydrogens is 429 g/mol. The molecule has 2 aromatic heterocycles. The number of pyridine rings is 1. The summed E-state index contributed by atoms with van der Waals surface area (Å²) >= 11 is 1.37. The zero-order chi connectivity index (χ0) is 22.7.